The van der Waals surface area contributed by atoms with Crippen molar-refractivity contribution in [3.8, 4) is 46.0 Å². The summed E-state index contributed by atoms with van der Waals surface area (Å²) in [6, 6.07) is 17.9. The van der Waals surface area contributed by atoms with Gasteiger partial charge in [0.1, 0.15) is 29.5 Å². The zero-order chi connectivity index (χ0) is 97.6. The van der Waals surface area contributed by atoms with E-state index in [1.807, 2.05) is 101 Å². The zero-order valence-corrected chi connectivity index (χ0v) is 78.9. The van der Waals surface area contributed by atoms with Crippen molar-refractivity contribution in [3.05, 3.63) is 235 Å². The lowest BCUT2D eigenvalue weighted by Gasteiger charge is -2.61. The Balaban J connectivity index is 0.000000138. The van der Waals surface area contributed by atoms with Crippen molar-refractivity contribution in [2.75, 3.05) is 0 Å². The number of aromatic hydroxyl groups is 8. The summed E-state index contributed by atoms with van der Waals surface area (Å²) in [4.78, 5) is 118. The largest absolute Gasteiger partial charge is 0.508 e. The van der Waals surface area contributed by atoms with Crippen molar-refractivity contribution in [2.45, 2.75) is 242 Å². The minimum absolute atomic E-state index is 0.0248. The van der Waals surface area contributed by atoms with Crippen molar-refractivity contribution in [1.82, 2.24) is 0 Å². The summed E-state index contributed by atoms with van der Waals surface area (Å²) in [5.74, 6) is -1.13. The molecule has 0 amide bonds. The number of nitrogens with zero attached hydrogens (tertiary/aromatic N) is 5. The van der Waals surface area contributed by atoms with Crippen molar-refractivity contribution in [3.63, 3.8) is 0 Å². The van der Waals surface area contributed by atoms with Crippen LogP contribution < -0.4 is 0 Å². The lowest BCUT2D eigenvalue weighted by atomic mass is 9.43. The average molecular weight is 1820 g/mol. The van der Waals surface area contributed by atoms with Crippen LogP contribution in [0.2, 0.25) is 0 Å². The first-order chi connectivity index (χ1) is 62.9. The van der Waals surface area contributed by atoms with E-state index in [1.54, 1.807) is 57.2 Å². The number of benzene rings is 4. The summed E-state index contributed by atoms with van der Waals surface area (Å²) < 4.78 is 19.0. The van der Waals surface area contributed by atoms with Crippen molar-refractivity contribution in [2.24, 2.45) is 114 Å². The van der Waals surface area contributed by atoms with Crippen molar-refractivity contribution in [1.29, 1.82) is 0 Å². The van der Waals surface area contributed by atoms with Gasteiger partial charge in [0.05, 0.1) is 55.7 Å². The first-order valence-corrected chi connectivity index (χ1v) is 47.0. The molecule has 0 bridgehead atoms. The van der Waals surface area contributed by atoms with E-state index in [-0.39, 0.29) is 137 Å². The van der Waals surface area contributed by atoms with E-state index >= 15 is 0 Å². The SMILES string of the molecule is [C-]#[N+]C1=CC2(C)O[C@H](c3cc(O)c(O)c(O)c3)[C@H](OC(=O)c3cc(O)c(O)c(O)c3)CC2C(C)(C)C1=O.[C-]#[N+]C1=C[C@](C)(/C=C/c2ccc(O)cc2)CC(C)C1=O.[C-]#[N+]C1=C[C@](C)(/C=C/c2ccc(O)cc2)CCC1=O.[C-]#[N+]C1=C[C@]2(C)C3=CC(=O)[C@@]4(C)C(CC5OC6(CCC(C)CC6)[C@@H](C)C54)C3CCC2CC1=O.[C-]#[N+]C1=C[C@]2(C)C3CC[C@]4(C)C(=O)CCC4C3CCC2C(C)(C)C1=O. The third kappa shape index (κ3) is 17.5. The van der Waals surface area contributed by atoms with Crippen LogP contribution in [0, 0.1) is 147 Å². The van der Waals surface area contributed by atoms with Crippen LogP contribution in [-0.2, 0) is 47.8 Å². The summed E-state index contributed by atoms with van der Waals surface area (Å²) in [5.41, 5.74) is -0.226. The molecule has 8 N–H and O–H groups in total. The second-order valence-corrected chi connectivity index (χ2v) is 43.2. The highest BCUT2D eigenvalue weighted by molar-refractivity contribution is 6.04. The topological polar surface area (TPSA) is 348 Å². The molecule has 4 aromatic carbocycles. The van der Waals surface area contributed by atoms with E-state index in [1.165, 1.54) is 24.5 Å². The molecule has 702 valence electrons. The molecule has 24 nitrogen and oxygen atoms in total. The van der Waals surface area contributed by atoms with Gasteiger partial charge in [-0.15, -0.1) is 0 Å². The Morgan fingerprint density at radius 2 is 1.05 bits per heavy atom. The predicted molar refractivity (Wildman–Crippen MR) is 501 cm³/mol. The van der Waals surface area contributed by atoms with Crippen LogP contribution in [0.15, 0.2) is 155 Å². The molecule has 2 aliphatic heterocycles. The van der Waals surface area contributed by atoms with Crippen LogP contribution in [0.1, 0.15) is 246 Å². The molecule has 0 aromatic heterocycles. The van der Waals surface area contributed by atoms with Gasteiger partial charge < -0.3 is 79.0 Å². The highest BCUT2D eigenvalue weighted by atomic mass is 16.6. The first kappa shape index (κ1) is 97.7. The van der Waals surface area contributed by atoms with Crippen LogP contribution in [0.5, 0.6) is 46.0 Å². The van der Waals surface area contributed by atoms with E-state index in [0.29, 0.717) is 78.1 Å². The quantitative estimate of drug-likeness (QED) is 0.0484. The molecular formula is C110H123N5O19. The molecule has 134 heavy (non-hydrogen) atoms. The number of carbonyl (C=O) groups is 8. The molecular weight excluding hydrogens is 1700 g/mol. The van der Waals surface area contributed by atoms with E-state index < -0.39 is 80.8 Å². The number of ether oxygens (including phenoxy) is 3. The summed E-state index contributed by atoms with van der Waals surface area (Å²) in [6.07, 6.45) is 32.8. The minimum atomic E-state index is -1.19. The van der Waals surface area contributed by atoms with Gasteiger partial charge >= 0.3 is 5.97 Å². The lowest BCUT2D eigenvalue weighted by Crippen LogP contribution is -2.57. The van der Waals surface area contributed by atoms with Gasteiger partial charge in [0.25, 0.3) is 0 Å². The molecule has 24 heteroatoms. The molecule has 12 aliphatic carbocycles. The number of hydrogen-bond acceptors (Lipinski definition) is 19. The fraction of sp³-hybridized carbons (Fsp3) is 0.518. The number of Topliss-reactive ketones (excluding diaryl/α,β-unsaturated/α-hetero) is 6. The van der Waals surface area contributed by atoms with Gasteiger partial charge in [-0.1, -0.05) is 168 Å². The molecule has 1 spiro atoms. The molecule has 0 radical (unpaired) electrons. The van der Waals surface area contributed by atoms with E-state index in [0.717, 1.165) is 118 Å². The van der Waals surface area contributed by atoms with Crippen molar-refractivity contribution < 1.29 is 93.4 Å². The average Bonchev–Trinajstić information content (AvgIpc) is 1.51. The smallest absolute Gasteiger partial charge is 0.338 e. The number of rotatable bonds is 7. The van der Waals surface area contributed by atoms with Gasteiger partial charge in [0.15, 0.2) is 69.2 Å². The molecule has 4 aromatic rings. The Morgan fingerprint density at radius 3 is 1.63 bits per heavy atom. The van der Waals surface area contributed by atoms with Gasteiger partial charge in [-0.3, -0.25) is 9.59 Å². The Kier molecular flexibility index (Phi) is 26.4. The number of esters is 1. The van der Waals surface area contributed by atoms with Crippen LogP contribution >= 0.6 is 0 Å². The van der Waals surface area contributed by atoms with E-state index in [2.05, 4.69) is 65.8 Å². The fourth-order valence-electron chi connectivity index (χ4n) is 26.7. The first-order valence-electron chi connectivity index (χ1n) is 47.0. The number of hydrogen-bond donors (Lipinski definition) is 8. The zero-order valence-electron chi connectivity index (χ0n) is 78.9. The summed E-state index contributed by atoms with van der Waals surface area (Å²) in [6.45, 7) is 65.2. The number of carbonyl (C=O) groups excluding carboxylic acids is 8. The number of fused-ring (bicyclic) bond motifs is 13. The van der Waals surface area contributed by atoms with Gasteiger partial charge in [0, 0.05) is 64.1 Å². The molecule has 18 rings (SSSR count). The molecule has 6 saturated carbocycles. The molecule has 12 unspecified atom stereocenters. The number of phenols is 8. The highest BCUT2D eigenvalue weighted by Gasteiger charge is 2.71. The van der Waals surface area contributed by atoms with Crippen LogP contribution in [0.4, 0.5) is 0 Å². The maximum absolute atomic E-state index is 14.0. The van der Waals surface area contributed by atoms with Crippen LogP contribution in [-0.4, -0.2) is 111 Å². The molecule has 2 heterocycles. The van der Waals surface area contributed by atoms with Gasteiger partial charge in [-0.25, -0.2) is 29.0 Å². The monoisotopic (exact) mass is 1820 g/mol. The number of phenolic OH excluding ortho intramolecular Hbond substituents is 8. The lowest BCUT2D eigenvalue weighted by molar-refractivity contribution is -0.204. The fourth-order valence-corrected chi connectivity index (χ4v) is 26.7. The molecule has 14 aliphatic rings. The highest BCUT2D eigenvalue weighted by Crippen LogP contribution is 2.71. The van der Waals surface area contributed by atoms with Gasteiger partial charge in [-0.2, -0.15) is 0 Å². The van der Waals surface area contributed by atoms with Gasteiger partial charge in [-0.05, 0) is 250 Å². The Morgan fingerprint density at radius 1 is 0.515 bits per heavy atom. The van der Waals surface area contributed by atoms with Crippen molar-refractivity contribution >= 4 is 58.6 Å². The van der Waals surface area contributed by atoms with E-state index in [4.69, 9.17) is 47.1 Å². The third-order valence-corrected chi connectivity index (χ3v) is 34.2. The molecule has 8 fully saturated rings. The number of ketones is 7. The Bertz CT molecular complexity index is 5950. The summed E-state index contributed by atoms with van der Waals surface area (Å²) >= 11 is 0. The van der Waals surface area contributed by atoms with Crippen LogP contribution in [0.25, 0.3) is 36.4 Å². The van der Waals surface area contributed by atoms with E-state index in [9.17, 15) is 79.2 Å². The maximum atomic E-state index is 14.0. The Hall–Kier alpha value is -12.3. The third-order valence-electron chi connectivity index (χ3n) is 34.2. The molecule has 21 atom stereocenters. The summed E-state index contributed by atoms with van der Waals surface area (Å²) in [7, 11) is 0. The standard InChI is InChI=1S/C29H37NO3.C26H25NO10.C22H29NO2.C17H17NO2.C16H15NO2/c1-16-8-10-29(11-9-16)17(2)26-24(33-29)13-21-19-7-6-18-12-23(31)22(30-5)15-27(18,3)20(19)14-25(32)28(21,26)4;1-25(2)19-9-18(36-24(35)12-7-16(30)21(33)17(31)8-12)22(11-5-14(28)20(32)15(29)6-11)37-26(19,3)10-13(27-4)23(25)34;1-20(2)17-8-6-13-14-7-9-18(24)21(14,3)11-10-15(13)22(17,4)12-16(23-5)19(20)25;1-12-10-17(2,11-15(18-3)16(12)20)9-8-13-4-6-14(19)7-5-13;1-16(10-8-15(19)14(11-16)17-2)9-7-12-3-5-13(18)6-4-12/h14-19,21,24,26H,6-13H2,1-4H3;5-8,10,18-19,22,28-33H,9H2,1-3H3;12-15,17H,6-11H2,1-4H3;4-9,11-12,19H,10H2,1-2H3;3-7,9,11,18H,8,10H2,1H3/b;;;9-8+;9-7+/t16?,17-,18?,19?,21?,24?,26?,27-,28+,29?;18-,19?,22-,26?;13?,14?,15?,17?,21-,22+;12?,17-;16-/m01011/s1. The minimum Gasteiger partial charge on any atom is -0.508 e. The second-order valence-electron chi connectivity index (χ2n) is 43.2. The predicted octanol–water partition coefficient (Wildman–Crippen LogP) is 21.6. The number of allylic oxidation sites excluding steroid dienone is 13. The summed E-state index contributed by atoms with van der Waals surface area (Å²) in [5, 5.41) is 77.6. The second kappa shape index (κ2) is 36.2. The Labute approximate surface area is 784 Å². The maximum Gasteiger partial charge on any atom is 0.338 e. The van der Waals surface area contributed by atoms with Crippen LogP contribution in [0.3, 0.4) is 0 Å². The molecule has 2 saturated heterocycles. The normalized spacial score (nSPS) is 36.5. The van der Waals surface area contributed by atoms with Gasteiger partial charge in [0.2, 0.25) is 28.5 Å².